The van der Waals surface area contributed by atoms with Crippen LogP contribution in [-0.4, -0.2) is 37.7 Å². The molecule has 20 heavy (non-hydrogen) atoms. The molecule has 0 saturated carbocycles. The largest absolute Gasteiger partial charge is 0.345 e. The van der Waals surface area contributed by atoms with E-state index in [2.05, 4.69) is 9.97 Å². The highest BCUT2D eigenvalue weighted by Gasteiger charge is 2.30. The first kappa shape index (κ1) is 13.2. The number of hydrogen-bond acceptors (Lipinski definition) is 4. The molecule has 0 aliphatic carbocycles. The van der Waals surface area contributed by atoms with Crippen LogP contribution in [0.2, 0.25) is 0 Å². The van der Waals surface area contributed by atoms with Gasteiger partial charge in [-0.15, -0.1) is 0 Å². The third-order valence-electron chi connectivity index (χ3n) is 3.37. The summed E-state index contributed by atoms with van der Waals surface area (Å²) in [6, 6.07) is 5.95. The van der Waals surface area contributed by atoms with Crippen LogP contribution in [-0.2, 0) is 16.1 Å². The predicted molar refractivity (Wildman–Crippen MR) is 78.2 cm³/mol. The van der Waals surface area contributed by atoms with Crippen molar-refractivity contribution in [3.63, 3.8) is 0 Å². The summed E-state index contributed by atoms with van der Waals surface area (Å²) in [5.41, 5.74) is 2.97. The lowest BCUT2D eigenvalue weighted by atomic mass is 10.2. The Hall–Kier alpha value is -1.82. The van der Waals surface area contributed by atoms with E-state index in [0.29, 0.717) is 19.5 Å². The number of benzene rings is 1. The zero-order valence-corrected chi connectivity index (χ0v) is 11.9. The number of aromatic nitrogens is 2. The van der Waals surface area contributed by atoms with Gasteiger partial charge in [-0.2, -0.15) is 0 Å². The van der Waals surface area contributed by atoms with E-state index in [4.69, 9.17) is 0 Å². The fraction of sp³-hybridized carbons (Fsp3) is 0.357. The summed E-state index contributed by atoms with van der Waals surface area (Å²) in [6.07, 6.45) is 2.12. The summed E-state index contributed by atoms with van der Waals surface area (Å²) in [4.78, 5) is 32.1. The van der Waals surface area contributed by atoms with Gasteiger partial charge >= 0.3 is 0 Å². The summed E-state index contributed by atoms with van der Waals surface area (Å²) in [5, 5.41) is 0.166. The average molecular weight is 289 g/mol. The van der Waals surface area contributed by atoms with Crippen molar-refractivity contribution in [3.8, 4) is 0 Å². The molecular weight excluding hydrogens is 274 g/mol. The SMILES string of the molecule is CC(=O)SC1CC(=O)N(Cc2ccc3nc[nH]c3c2)C1. The van der Waals surface area contributed by atoms with E-state index >= 15 is 0 Å². The molecule has 3 rings (SSSR count). The highest BCUT2D eigenvalue weighted by atomic mass is 32.2. The van der Waals surface area contributed by atoms with Crippen molar-refractivity contribution in [2.24, 2.45) is 0 Å². The molecule has 1 aliphatic rings. The Balaban J connectivity index is 1.70. The lowest BCUT2D eigenvalue weighted by molar-refractivity contribution is -0.128. The smallest absolute Gasteiger partial charge is 0.224 e. The Kier molecular flexibility index (Phi) is 3.48. The third kappa shape index (κ3) is 2.70. The maximum Gasteiger partial charge on any atom is 0.224 e. The molecule has 2 aromatic rings. The summed E-state index contributed by atoms with van der Waals surface area (Å²) in [5.74, 6) is 0.119. The van der Waals surface area contributed by atoms with Crippen molar-refractivity contribution in [3.05, 3.63) is 30.1 Å². The average Bonchev–Trinajstić information content (AvgIpc) is 2.96. The Bertz CT molecular complexity index is 667. The van der Waals surface area contributed by atoms with Crippen LogP contribution >= 0.6 is 11.8 Å². The summed E-state index contributed by atoms with van der Waals surface area (Å²) < 4.78 is 0. The molecule has 2 heterocycles. The molecule has 6 heteroatoms. The minimum Gasteiger partial charge on any atom is -0.345 e. The zero-order valence-electron chi connectivity index (χ0n) is 11.1. The van der Waals surface area contributed by atoms with Gasteiger partial charge in [-0.05, 0) is 17.7 Å². The molecule has 1 N–H and O–H groups in total. The molecule has 1 amide bonds. The molecule has 104 valence electrons. The number of nitrogens with zero attached hydrogens (tertiary/aromatic N) is 2. The van der Waals surface area contributed by atoms with Gasteiger partial charge in [0.25, 0.3) is 0 Å². The second-order valence-corrected chi connectivity index (χ2v) is 6.44. The van der Waals surface area contributed by atoms with Crippen LogP contribution < -0.4 is 0 Å². The van der Waals surface area contributed by atoms with E-state index in [1.165, 1.54) is 11.8 Å². The van der Waals surface area contributed by atoms with E-state index in [1.807, 2.05) is 23.1 Å². The molecule has 1 atom stereocenters. The lowest BCUT2D eigenvalue weighted by Crippen LogP contribution is -2.25. The number of carbonyl (C=O) groups is 2. The number of amides is 1. The highest BCUT2D eigenvalue weighted by Crippen LogP contribution is 2.25. The van der Waals surface area contributed by atoms with Gasteiger partial charge in [0, 0.05) is 31.7 Å². The molecule has 1 aromatic carbocycles. The number of aromatic amines is 1. The van der Waals surface area contributed by atoms with Crippen LogP contribution in [0.3, 0.4) is 0 Å². The van der Waals surface area contributed by atoms with Crippen molar-refractivity contribution < 1.29 is 9.59 Å². The van der Waals surface area contributed by atoms with E-state index in [0.717, 1.165) is 16.6 Å². The van der Waals surface area contributed by atoms with E-state index in [9.17, 15) is 9.59 Å². The first-order chi connectivity index (χ1) is 9.61. The molecule has 0 radical (unpaired) electrons. The number of carbonyl (C=O) groups excluding carboxylic acids is 2. The van der Waals surface area contributed by atoms with Crippen molar-refractivity contribution in [2.75, 3.05) is 6.54 Å². The minimum atomic E-state index is 0.0727. The van der Waals surface area contributed by atoms with Crippen LogP contribution in [0.1, 0.15) is 18.9 Å². The monoisotopic (exact) mass is 289 g/mol. The lowest BCUT2D eigenvalue weighted by Gasteiger charge is -2.16. The Morgan fingerprint density at radius 3 is 3.20 bits per heavy atom. The number of fused-ring (bicyclic) bond motifs is 1. The molecule has 1 unspecified atom stereocenters. The summed E-state index contributed by atoms with van der Waals surface area (Å²) in [6.45, 7) is 2.77. The van der Waals surface area contributed by atoms with Crippen LogP contribution in [0.5, 0.6) is 0 Å². The van der Waals surface area contributed by atoms with Crippen molar-refractivity contribution in [1.29, 1.82) is 0 Å². The van der Waals surface area contributed by atoms with E-state index in [1.54, 1.807) is 13.3 Å². The number of likely N-dealkylation sites (tertiary alicyclic amines) is 1. The number of imidazole rings is 1. The number of rotatable bonds is 3. The second-order valence-electron chi connectivity index (χ2n) is 4.96. The molecule has 0 spiro atoms. The molecule has 5 nitrogen and oxygen atoms in total. The summed E-state index contributed by atoms with van der Waals surface area (Å²) >= 11 is 1.27. The van der Waals surface area contributed by atoms with Gasteiger partial charge in [-0.1, -0.05) is 17.8 Å². The Labute approximate surface area is 120 Å². The first-order valence-electron chi connectivity index (χ1n) is 6.49. The fourth-order valence-corrected chi connectivity index (χ4v) is 3.45. The van der Waals surface area contributed by atoms with Crippen LogP contribution in [0.15, 0.2) is 24.5 Å². The Morgan fingerprint density at radius 2 is 2.40 bits per heavy atom. The van der Waals surface area contributed by atoms with E-state index < -0.39 is 0 Å². The maximum absolute atomic E-state index is 12.0. The highest BCUT2D eigenvalue weighted by molar-refractivity contribution is 8.14. The van der Waals surface area contributed by atoms with Crippen molar-refractivity contribution >= 4 is 33.8 Å². The summed E-state index contributed by atoms with van der Waals surface area (Å²) in [7, 11) is 0. The topological polar surface area (TPSA) is 66.1 Å². The van der Waals surface area contributed by atoms with Gasteiger partial charge in [0.2, 0.25) is 5.91 Å². The van der Waals surface area contributed by atoms with Crippen molar-refractivity contribution in [1.82, 2.24) is 14.9 Å². The Morgan fingerprint density at radius 1 is 1.55 bits per heavy atom. The molecular formula is C14H15N3O2S. The van der Waals surface area contributed by atoms with Crippen LogP contribution in [0.4, 0.5) is 0 Å². The standard InChI is InChI=1S/C14H15N3O2S/c1-9(18)20-11-5-14(19)17(7-11)6-10-2-3-12-13(4-10)16-8-15-12/h2-4,8,11H,5-7H2,1H3,(H,15,16). The quantitative estimate of drug-likeness (QED) is 0.938. The molecule has 1 saturated heterocycles. The van der Waals surface area contributed by atoms with E-state index in [-0.39, 0.29) is 16.3 Å². The second kappa shape index (κ2) is 5.28. The van der Waals surface area contributed by atoms with Gasteiger partial charge < -0.3 is 9.88 Å². The zero-order chi connectivity index (χ0) is 14.1. The normalized spacial score (nSPS) is 18.9. The van der Waals surface area contributed by atoms with Gasteiger partial charge in [0.1, 0.15) is 0 Å². The minimum absolute atomic E-state index is 0.0727. The van der Waals surface area contributed by atoms with Gasteiger partial charge in [0.15, 0.2) is 5.12 Å². The van der Waals surface area contributed by atoms with Crippen molar-refractivity contribution in [2.45, 2.75) is 25.1 Å². The number of nitrogens with one attached hydrogen (secondary N) is 1. The predicted octanol–water partition coefficient (Wildman–Crippen LogP) is 1.94. The van der Waals surface area contributed by atoms with Gasteiger partial charge in [-0.3, -0.25) is 9.59 Å². The molecule has 1 fully saturated rings. The number of hydrogen-bond donors (Lipinski definition) is 1. The number of thioether (sulfide) groups is 1. The first-order valence-corrected chi connectivity index (χ1v) is 7.37. The van der Waals surface area contributed by atoms with Gasteiger partial charge in [-0.25, -0.2) is 4.98 Å². The molecule has 1 aromatic heterocycles. The number of H-pyrrole nitrogens is 1. The fourth-order valence-electron chi connectivity index (χ4n) is 2.50. The van der Waals surface area contributed by atoms with Crippen LogP contribution in [0.25, 0.3) is 11.0 Å². The molecule has 1 aliphatic heterocycles. The maximum atomic E-state index is 12.0. The van der Waals surface area contributed by atoms with Crippen LogP contribution in [0, 0.1) is 0 Å². The molecule has 0 bridgehead atoms. The third-order valence-corrected chi connectivity index (χ3v) is 4.35. The van der Waals surface area contributed by atoms with Gasteiger partial charge in [0.05, 0.1) is 17.4 Å².